The van der Waals surface area contributed by atoms with E-state index in [1.54, 1.807) is 0 Å². The fourth-order valence-electron chi connectivity index (χ4n) is 2.76. The number of fused-ring (bicyclic) bond motifs is 1. The number of ether oxygens (including phenoxy) is 1. The normalized spacial score (nSPS) is 10.7. The summed E-state index contributed by atoms with van der Waals surface area (Å²) in [5.41, 5.74) is 2.22. The van der Waals surface area contributed by atoms with E-state index in [1.165, 1.54) is 10.5 Å². The maximum Gasteiger partial charge on any atom is 0.241 e. The van der Waals surface area contributed by atoms with E-state index in [0.29, 0.717) is 12.5 Å². The number of aromatic nitrogens is 2. The molecule has 25 heavy (non-hydrogen) atoms. The van der Waals surface area contributed by atoms with Crippen LogP contribution < -0.4 is 22.0 Å². The molecule has 132 valence electrons. The molecule has 2 aromatic carbocycles. The van der Waals surface area contributed by atoms with Crippen molar-refractivity contribution in [3.05, 3.63) is 65.9 Å². The van der Waals surface area contributed by atoms with Crippen molar-refractivity contribution in [3.63, 3.8) is 0 Å². The van der Waals surface area contributed by atoms with Crippen molar-refractivity contribution >= 4 is 10.8 Å². The first-order valence-electron chi connectivity index (χ1n) is 8.44. The van der Waals surface area contributed by atoms with Crippen LogP contribution in [0.4, 0.5) is 0 Å². The maximum atomic E-state index is 5.89. The molecule has 5 heteroatoms. The third kappa shape index (κ3) is 5.15. The molecule has 0 aliphatic carbocycles. The van der Waals surface area contributed by atoms with Crippen LogP contribution >= 0.6 is 0 Å². The van der Waals surface area contributed by atoms with Crippen LogP contribution in [-0.2, 0) is 6.42 Å². The highest BCUT2D eigenvalue weighted by Gasteiger charge is 2.10. The van der Waals surface area contributed by atoms with Crippen LogP contribution in [0.2, 0.25) is 0 Å². The van der Waals surface area contributed by atoms with Gasteiger partial charge in [-0.2, -0.15) is 5.10 Å². The number of hydrogen-bond donors (Lipinski definition) is 1. The van der Waals surface area contributed by atoms with Gasteiger partial charge < -0.3 is 22.0 Å². The number of nitrogens with zero attached hydrogens (tertiary/aromatic N) is 2. The SMILES string of the molecule is C[NH+](C)CCCOc1nnc(Cc2ccccc2)c2ccccc12.[Cl-]. The van der Waals surface area contributed by atoms with Crippen LogP contribution in [0.1, 0.15) is 17.7 Å². The Balaban J connectivity index is 0.00000225. The first kappa shape index (κ1) is 19.2. The Morgan fingerprint density at radius 1 is 0.880 bits per heavy atom. The highest BCUT2D eigenvalue weighted by atomic mass is 35.5. The summed E-state index contributed by atoms with van der Waals surface area (Å²) in [5, 5.41) is 10.9. The number of rotatable bonds is 7. The van der Waals surface area contributed by atoms with E-state index in [2.05, 4.69) is 60.7 Å². The molecule has 0 unspecified atom stereocenters. The Labute approximate surface area is 155 Å². The van der Waals surface area contributed by atoms with Crippen molar-refractivity contribution in [1.29, 1.82) is 0 Å². The molecule has 0 spiro atoms. The number of halogens is 1. The van der Waals surface area contributed by atoms with Gasteiger partial charge in [0.1, 0.15) is 0 Å². The summed E-state index contributed by atoms with van der Waals surface area (Å²) in [4.78, 5) is 1.42. The number of hydrogen-bond acceptors (Lipinski definition) is 3. The molecule has 3 aromatic rings. The standard InChI is InChI=1S/C20H23N3O.ClH/c1-23(2)13-8-14-24-20-18-12-7-6-11-17(18)19(21-22-20)15-16-9-4-3-5-10-16;/h3-7,9-12H,8,13-15H2,1-2H3;1H. The van der Waals surface area contributed by atoms with Crippen LogP contribution in [0, 0.1) is 0 Å². The molecular formula is C20H24ClN3O. The fraction of sp³-hybridized carbons (Fsp3) is 0.300. The van der Waals surface area contributed by atoms with Crippen LogP contribution in [0.5, 0.6) is 5.88 Å². The maximum absolute atomic E-state index is 5.89. The first-order valence-corrected chi connectivity index (χ1v) is 8.44. The van der Waals surface area contributed by atoms with Gasteiger partial charge in [-0.1, -0.05) is 48.5 Å². The van der Waals surface area contributed by atoms with Gasteiger partial charge in [0.2, 0.25) is 5.88 Å². The van der Waals surface area contributed by atoms with Crippen molar-refractivity contribution in [2.24, 2.45) is 0 Å². The van der Waals surface area contributed by atoms with E-state index in [4.69, 9.17) is 4.74 Å². The summed E-state index contributed by atoms with van der Waals surface area (Å²) in [7, 11) is 4.29. The lowest BCUT2D eigenvalue weighted by molar-refractivity contribution is -0.858. The van der Waals surface area contributed by atoms with E-state index in [0.717, 1.165) is 35.9 Å². The topological polar surface area (TPSA) is 39.5 Å². The number of nitrogens with one attached hydrogen (secondary N) is 1. The minimum absolute atomic E-state index is 0. The third-order valence-corrected chi connectivity index (χ3v) is 4.00. The van der Waals surface area contributed by atoms with E-state index < -0.39 is 0 Å². The molecule has 0 amide bonds. The van der Waals surface area contributed by atoms with Crippen LogP contribution in [0.15, 0.2) is 54.6 Å². The van der Waals surface area contributed by atoms with E-state index in [-0.39, 0.29) is 12.4 Å². The average molecular weight is 358 g/mol. The highest BCUT2D eigenvalue weighted by Crippen LogP contribution is 2.26. The lowest BCUT2D eigenvalue weighted by atomic mass is 10.0. The van der Waals surface area contributed by atoms with Crippen LogP contribution in [0.25, 0.3) is 10.8 Å². The molecule has 0 bridgehead atoms. The predicted molar refractivity (Wildman–Crippen MR) is 96.6 cm³/mol. The minimum atomic E-state index is 0. The Morgan fingerprint density at radius 2 is 1.56 bits per heavy atom. The van der Waals surface area contributed by atoms with Gasteiger partial charge in [0.05, 0.1) is 32.9 Å². The predicted octanol–water partition coefficient (Wildman–Crippen LogP) is -0.862. The van der Waals surface area contributed by atoms with Crippen molar-refractivity contribution in [2.75, 3.05) is 27.2 Å². The molecule has 0 aliphatic rings. The van der Waals surface area contributed by atoms with E-state index in [9.17, 15) is 0 Å². The summed E-state index contributed by atoms with van der Waals surface area (Å²) in [6.07, 6.45) is 1.78. The van der Waals surface area contributed by atoms with Crippen LogP contribution in [0.3, 0.4) is 0 Å². The van der Waals surface area contributed by atoms with Gasteiger partial charge in [-0.05, 0) is 11.6 Å². The Bertz CT molecular complexity index is 793. The zero-order chi connectivity index (χ0) is 16.8. The number of benzene rings is 2. The second-order valence-electron chi connectivity index (χ2n) is 6.32. The summed E-state index contributed by atoms with van der Waals surface area (Å²) < 4.78 is 5.89. The lowest BCUT2D eigenvalue weighted by Gasteiger charge is -2.11. The molecule has 0 saturated heterocycles. The van der Waals surface area contributed by atoms with Crippen molar-refractivity contribution in [1.82, 2.24) is 10.2 Å². The van der Waals surface area contributed by atoms with Gasteiger partial charge in [-0.25, -0.2) is 0 Å². The second-order valence-corrected chi connectivity index (χ2v) is 6.32. The zero-order valence-corrected chi connectivity index (χ0v) is 15.5. The van der Waals surface area contributed by atoms with Gasteiger partial charge in [0.15, 0.2) is 0 Å². The van der Waals surface area contributed by atoms with Crippen molar-refractivity contribution in [2.45, 2.75) is 12.8 Å². The molecule has 0 atom stereocenters. The van der Waals surface area contributed by atoms with Gasteiger partial charge in [-0.15, -0.1) is 5.10 Å². The Hall–Kier alpha value is -2.17. The smallest absolute Gasteiger partial charge is 0.241 e. The fourth-order valence-corrected chi connectivity index (χ4v) is 2.76. The summed E-state index contributed by atoms with van der Waals surface area (Å²) in [6, 6.07) is 18.6. The average Bonchev–Trinajstić information content (AvgIpc) is 2.61. The Kier molecular flexibility index (Phi) is 7.16. The van der Waals surface area contributed by atoms with Gasteiger partial charge in [0, 0.05) is 23.6 Å². The quantitative estimate of drug-likeness (QED) is 0.559. The molecule has 0 fully saturated rings. The molecule has 4 nitrogen and oxygen atoms in total. The minimum Gasteiger partial charge on any atom is -1.00 e. The van der Waals surface area contributed by atoms with Crippen LogP contribution in [-0.4, -0.2) is 37.4 Å². The van der Waals surface area contributed by atoms with Gasteiger partial charge in [-0.3, -0.25) is 0 Å². The molecule has 0 aliphatic heterocycles. The molecule has 1 N–H and O–H groups in total. The third-order valence-electron chi connectivity index (χ3n) is 4.00. The molecule has 3 rings (SSSR count). The van der Waals surface area contributed by atoms with E-state index >= 15 is 0 Å². The van der Waals surface area contributed by atoms with Gasteiger partial charge >= 0.3 is 0 Å². The molecule has 1 aromatic heterocycles. The van der Waals surface area contributed by atoms with Gasteiger partial charge in [0.25, 0.3) is 0 Å². The summed E-state index contributed by atoms with van der Waals surface area (Å²) in [6.45, 7) is 1.75. The summed E-state index contributed by atoms with van der Waals surface area (Å²) >= 11 is 0. The molecule has 0 radical (unpaired) electrons. The molecular weight excluding hydrogens is 334 g/mol. The van der Waals surface area contributed by atoms with E-state index in [1.807, 2.05) is 18.2 Å². The molecule has 0 saturated carbocycles. The number of quaternary nitrogens is 1. The van der Waals surface area contributed by atoms with Crippen molar-refractivity contribution in [3.8, 4) is 5.88 Å². The van der Waals surface area contributed by atoms with Crippen molar-refractivity contribution < 1.29 is 22.0 Å². The highest BCUT2D eigenvalue weighted by molar-refractivity contribution is 5.88. The second kappa shape index (κ2) is 9.35. The monoisotopic (exact) mass is 357 g/mol. The summed E-state index contributed by atoms with van der Waals surface area (Å²) in [5.74, 6) is 0.635. The Morgan fingerprint density at radius 3 is 2.28 bits per heavy atom. The first-order chi connectivity index (χ1) is 11.7. The lowest BCUT2D eigenvalue weighted by Crippen LogP contribution is -3.05. The zero-order valence-electron chi connectivity index (χ0n) is 14.7. The molecule has 1 heterocycles. The largest absolute Gasteiger partial charge is 1.00 e.